The number of carbonyl (C=O) groups is 1. The van der Waals surface area contributed by atoms with E-state index in [1.165, 1.54) is 6.92 Å². The van der Waals surface area contributed by atoms with E-state index in [-0.39, 0.29) is 6.29 Å². The molecule has 0 heterocycles. The van der Waals surface area contributed by atoms with Crippen molar-refractivity contribution in [3.63, 3.8) is 0 Å². The summed E-state index contributed by atoms with van der Waals surface area (Å²) < 4.78 is 0. The predicted molar refractivity (Wildman–Crippen MR) is 37.7 cm³/mol. The number of aldehydes is 1. The monoisotopic (exact) mass is 163 g/mol. The summed E-state index contributed by atoms with van der Waals surface area (Å²) >= 11 is 0. The molecule has 0 rings (SSSR count). The zero-order valence-corrected chi connectivity index (χ0v) is 6.21. The Hall–Kier alpha value is -0.490. The Labute approximate surface area is 64.4 Å². The molecule has 0 aliphatic heterocycles. The minimum Gasteiger partial charge on any atom is -0.392 e. The van der Waals surface area contributed by atoms with Crippen LogP contribution in [-0.4, -0.2) is 46.0 Å². The first-order valence-corrected chi connectivity index (χ1v) is 3.25. The Balaban J connectivity index is 4.00. The number of nitrogens with two attached hydrogens (primary N) is 1. The molecule has 5 heteroatoms. The first kappa shape index (κ1) is 10.5. The highest BCUT2D eigenvalue weighted by atomic mass is 16.3. The fraction of sp³-hybridized carbons (Fsp3) is 0.833. The van der Waals surface area contributed by atoms with E-state index in [4.69, 9.17) is 21.1 Å². The molecule has 66 valence electrons. The lowest BCUT2D eigenvalue weighted by molar-refractivity contribution is -0.122. The molecule has 0 amide bonds. The lowest BCUT2D eigenvalue weighted by Crippen LogP contribution is -2.49. The average molecular weight is 163 g/mol. The summed E-state index contributed by atoms with van der Waals surface area (Å²) in [6, 6.07) is -1.00. The second-order valence-electron chi connectivity index (χ2n) is 2.44. The van der Waals surface area contributed by atoms with Crippen LogP contribution in [0.3, 0.4) is 0 Å². The number of rotatable bonds is 4. The van der Waals surface area contributed by atoms with E-state index in [1.807, 2.05) is 0 Å². The second kappa shape index (κ2) is 4.40. The van der Waals surface area contributed by atoms with Gasteiger partial charge in [-0.3, -0.25) is 0 Å². The van der Waals surface area contributed by atoms with Gasteiger partial charge >= 0.3 is 0 Å². The summed E-state index contributed by atoms with van der Waals surface area (Å²) in [7, 11) is 0. The molecule has 4 atom stereocenters. The third-order valence-electron chi connectivity index (χ3n) is 1.44. The molecule has 0 aromatic carbocycles. The molecular weight excluding hydrogens is 150 g/mol. The van der Waals surface area contributed by atoms with Crippen LogP contribution in [0, 0.1) is 0 Å². The average Bonchev–Trinajstić information content (AvgIpc) is 2.00. The maximum absolute atomic E-state index is 9.93. The van der Waals surface area contributed by atoms with E-state index in [9.17, 15) is 4.79 Å². The largest absolute Gasteiger partial charge is 0.392 e. The van der Waals surface area contributed by atoms with Crippen LogP contribution in [0.15, 0.2) is 0 Å². The topological polar surface area (TPSA) is 104 Å². The van der Waals surface area contributed by atoms with Crippen molar-refractivity contribution in [2.75, 3.05) is 0 Å². The summed E-state index contributed by atoms with van der Waals surface area (Å²) in [5, 5.41) is 26.6. The van der Waals surface area contributed by atoms with Crippen LogP contribution in [0.4, 0.5) is 0 Å². The van der Waals surface area contributed by atoms with Gasteiger partial charge in [-0.05, 0) is 6.92 Å². The highest BCUT2D eigenvalue weighted by molar-refractivity contribution is 5.56. The molecule has 0 fully saturated rings. The molecule has 0 aliphatic rings. The molecular formula is C6H13NO4. The van der Waals surface area contributed by atoms with Crippen LogP contribution in [-0.2, 0) is 4.79 Å². The van der Waals surface area contributed by atoms with Gasteiger partial charge in [0.15, 0.2) is 6.29 Å². The van der Waals surface area contributed by atoms with Crippen molar-refractivity contribution >= 4 is 6.29 Å². The van der Waals surface area contributed by atoms with Crippen molar-refractivity contribution in [2.45, 2.75) is 31.3 Å². The molecule has 5 nitrogen and oxygen atoms in total. The highest BCUT2D eigenvalue weighted by Gasteiger charge is 2.25. The van der Waals surface area contributed by atoms with Gasteiger partial charge in [0.05, 0.1) is 12.1 Å². The molecule has 0 aliphatic carbocycles. The van der Waals surface area contributed by atoms with E-state index in [1.54, 1.807) is 0 Å². The molecule has 0 spiro atoms. The van der Waals surface area contributed by atoms with E-state index in [0.29, 0.717) is 0 Å². The molecule has 5 N–H and O–H groups in total. The van der Waals surface area contributed by atoms with Gasteiger partial charge in [-0.25, -0.2) is 0 Å². The number of aliphatic hydroxyl groups excluding tert-OH is 3. The van der Waals surface area contributed by atoms with Gasteiger partial charge in [-0.2, -0.15) is 0 Å². The van der Waals surface area contributed by atoms with Crippen LogP contribution in [0.2, 0.25) is 0 Å². The minimum atomic E-state index is -1.53. The molecule has 0 unspecified atom stereocenters. The smallest absolute Gasteiger partial charge is 0.151 e. The van der Waals surface area contributed by atoms with Crippen molar-refractivity contribution in [3.05, 3.63) is 0 Å². The van der Waals surface area contributed by atoms with Gasteiger partial charge in [0.1, 0.15) is 12.2 Å². The Morgan fingerprint density at radius 2 is 1.82 bits per heavy atom. The normalized spacial score (nSPS) is 21.9. The summed E-state index contributed by atoms with van der Waals surface area (Å²) in [6.45, 7) is 1.37. The van der Waals surface area contributed by atoms with Crippen molar-refractivity contribution in [1.29, 1.82) is 0 Å². The Kier molecular flexibility index (Phi) is 4.20. The Morgan fingerprint density at radius 1 is 1.36 bits per heavy atom. The summed E-state index contributed by atoms with van der Waals surface area (Å²) in [5.41, 5.74) is 5.22. The van der Waals surface area contributed by atoms with E-state index in [2.05, 4.69) is 0 Å². The van der Waals surface area contributed by atoms with Gasteiger partial charge in [0.2, 0.25) is 0 Å². The quantitative estimate of drug-likeness (QED) is 0.346. The zero-order valence-electron chi connectivity index (χ0n) is 6.21. The predicted octanol–water partition coefficient (Wildman–Crippen LogP) is -2.38. The first-order chi connectivity index (χ1) is 5.00. The maximum Gasteiger partial charge on any atom is 0.151 e. The second-order valence-corrected chi connectivity index (χ2v) is 2.44. The fourth-order valence-electron chi connectivity index (χ4n) is 0.594. The molecule has 0 radical (unpaired) electrons. The van der Waals surface area contributed by atoms with Gasteiger partial charge in [-0.1, -0.05) is 0 Å². The Bertz CT molecular complexity index is 128. The molecule has 0 saturated heterocycles. The van der Waals surface area contributed by atoms with Crippen LogP contribution in [0.25, 0.3) is 0 Å². The summed E-state index contributed by atoms with van der Waals surface area (Å²) in [5.74, 6) is 0. The summed E-state index contributed by atoms with van der Waals surface area (Å²) in [4.78, 5) is 9.93. The number of carbonyl (C=O) groups excluding carboxylic acids is 1. The van der Waals surface area contributed by atoms with Gasteiger partial charge in [0.25, 0.3) is 0 Å². The lowest BCUT2D eigenvalue weighted by atomic mass is 10.0. The molecule has 0 aromatic heterocycles. The highest BCUT2D eigenvalue weighted by Crippen LogP contribution is 1.99. The van der Waals surface area contributed by atoms with Gasteiger partial charge in [0, 0.05) is 0 Å². The van der Waals surface area contributed by atoms with E-state index >= 15 is 0 Å². The third kappa shape index (κ3) is 2.94. The molecule has 11 heavy (non-hydrogen) atoms. The van der Waals surface area contributed by atoms with E-state index in [0.717, 1.165) is 0 Å². The standard InChI is InChI=1S/C6H13NO4/c1-3(9)5(7)6(11)4(10)2-8/h2-6,9-11H,7H2,1H3/t3-,4+,5-,6-/m0/s1. The fourth-order valence-corrected chi connectivity index (χ4v) is 0.594. The summed E-state index contributed by atoms with van der Waals surface area (Å²) in [6.07, 6.45) is -3.72. The number of hydrogen-bond donors (Lipinski definition) is 4. The van der Waals surface area contributed by atoms with Crippen molar-refractivity contribution in [3.8, 4) is 0 Å². The van der Waals surface area contributed by atoms with Crippen LogP contribution in [0.5, 0.6) is 0 Å². The molecule has 0 saturated carbocycles. The third-order valence-corrected chi connectivity index (χ3v) is 1.44. The van der Waals surface area contributed by atoms with Gasteiger partial charge in [-0.15, -0.1) is 0 Å². The van der Waals surface area contributed by atoms with Crippen LogP contribution < -0.4 is 5.73 Å². The minimum absolute atomic E-state index is 0.174. The van der Waals surface area contributed by atoms with Crippen molar-refractivity contribution < 1.29 is 20.1 Å². The lowest BCUT2D eigenvalue weighted by Gasteiger charge is -2.22. The van der Waals surface area contributed by atoms with Crippen LogP contribution in [0.1, 0.15) is 6.92 Å². The zero-order chi connectivity index (χ0) is 9.02. The SMILES string of the molecule is C[C@H](O)[C@H](N)[C@@H](O)[C@H](O)C=O. The first-order valence-electron chi connectivity index (χ1n) is 3.25. The number of hydrogen-bond acceptors (Lipinski definition) is 5. The Morgan fingerprint density at radius 3 is 2.09 bits per heavy atom. The molecule has 0 aromatic rings. The maximum atomic E-state index is 9.93. The van der Waals surface area contributed by atoms with Gasteiger partial charge < -0.3 is 25.8 Å². The van der Waals surface area contributed by atoms with Crippen LogP contribution >= 0.6 is 0 Å². The van der Waals surface area contributed by atoms with Crippen molar-refractivity contribution in [1.82, 2.24) is 0 Å². The molecule has 0 bridgehead atoms. The van der Waals surface area contributed by atoms with Crippen molar-refractivity contribution in [2.24, 2.45) is 5.73 Å². The number of aliphatic hydroxyl groups is 3. The van der Waals surface area contributed by atoms with E-state index < -0.39 is 24.4 Å².